The fraction of sp³-hybridized carbons (Fsp3) is 0.588. The second-order valence-corrected chi connectivity index (χ2v) is 5.99. The Morgan fingerprint density at radius 1 is 1.25 bits per heavy atom. The molecule has 2 heterocycles. The minimum absolute atomic E-state index is 0. The summed E-state index contributed by atoms with van der Waals surface area (Å²) in [7, 11) is 0. The fourth-order valence-corrected chi connectivity index (χ4v) is 2.71. The average Bonchev–Trinajstić information content (AvgIpc) is 2.51. The van der Waals surface area contributed by atoms with E-state index in [0.717, 1.165) is 43.0 Å². The van der Waals surface area contributed by atoms with Gasteiger partial charge in [-0.15, -0.1) is 12.4 Å². The fourth-order valence-electron chi connectivity index (χ4n) is 2.71. The Balaban J connectivity index is 0.00000288. The van der Waals surface area contributed by atoms with Gasteiger partial charge in [0.25, 0.3) is 0 Å². The van der Waals surface area contributed by atoms with Gasteiger partial charge >= 0.3 is 0 Å². The van der Waals surface area contributed by atoms with Crippen LogP contribution in [0.2, 0.25) is 0 Å². The van der Waals surface area contributed by atoms with Gasteiger partial charge in [-0.25, -0.2) is 15.0 Å². The maximum absolute atomic E-state index is 5.90. The highest BCUT2D eigenvalue weighted by Crippen LogP contribution is 2.22. The van der Waals surface area contributed by atoms with E-state index in [4.69, 9.17) is 5.73 Å². The van der Waals surface area contributed by atoms with Crippen LogP contribution in [0.25, 0.3) is 11.2 Å². The molecule has 0 saturated carbocycles. The predicted molar refractivity (Wildman–Crippen MR) is 104 cm³/mol. The number of fused-ring (bicyclic) bond motifs is 1. The van der Waals surface area contributed by atoms with Crippen molar-refractivity contribution in [3.05, 3.63) is 18.0 Å². The van der Waals surface area contributed by atoms with Gasteiger partial charge in [-0.1, -0.05) is 13.8 Å². The molecule has 6 nitrogen and oxygen atoms in total. The molecule has 2 rings (SSSR count). The molecule has 3 N–H and O–H groups in total. The van der Waals surface area contributed by atoms with Crippen LogP contribution < -0.4 is 11.1 Å². The zero-order valence-electron chi connectivity index (χ0n) is 15.0. The number of aryl methyl sites for hydroxylation is 1. The first-order valence-electron chi connectivity index (χ1n) is 8.42. The van der Waals surface area contributed by atoms with E-state index in [0.29, 0.717) is 17.5 Å². The lowest BCUT2D eigenvalue weighted by molar-refractivity contribution is 0.295. The first kappa shape index (κ1) is 20.4. The van der Waals surface area contributed by atoms with Gasteiger partial charge in [0.05, 0.1) is 11.4 Å². The van der Waals surface area contributed by atoms with Crippen molar-refractivity contribution in [3.63, 3.8) is 0 Å². The lowest BCUT2D eigenvalue weighted by Crippen LogP contribution is -2.25. The summed E-state index contributed by atoms with van der Waals surface area (Å²) in [6, 6.07) is 2.19. The minimum Gasteiger partial charge on any atom is -0.384 e. The third-order valence-corrected chi connectivity index (χ3v) is 4.06. The minimum atomic E-state index is 0. The van der Waals surface area contributed by atoms with Gasteiger partial charge in [0.2, 0.25) is 0 Å². The SMILES string of the molecule is CCN(CC)CCCC(C)Nc1cc(N)nc2nc(C)cnc12.Cl. The Morgan fingerprint density at radius 3 is 2.62 bits per heavy atom. The van der Waals surface area contributed by atoms with Crippen molar-refractivity contribution in [2.24, 2.45) is 0 Å². The second kappa shape index (κ2) is 9.59. The number of rotatable bonds is 8. The van der Waals surface area contributed by atoms with Gasteiger partial charge in [-0.05, 0) is 46.3 Å². The number of nitrogens with one attached hydrogen (secondary N) is 1. The molecule has 0 aliphatic rings. The molecule has 0 aliphatic heterocycles. The Bertz CT molecular complexity index is 639. The van der Waals surface area contributed by atoms with Crippen molar-refractivity contribution in [3.8, 4) is 0 Å². The summed E-state index contributed by atoms with van der Waals surface area (Å²) in [4.78, 5) is 15.6. The van der Waals surface area contributed by atoms with Crippen molar-refractivity contribution in [1.82, 2.24) is 19.9 Å². The van der Waals surface area contributed by atoms with Crippen LogP contribution >= 0.6 is 12.4 Å². The molecule has 0 fully saturated rings. The topological polar surface area (TPSA) is 80.0 Å². The molecule has 0 bridgehead atoms. The predicted octanol–water partition coefficient (Wildman–Crippen LogP) is 3.26. The van der Waals surface area contributed by atoms with Crippen molar-refractivity contribution in [1.29, 1.82) is 0 Å². The Kier molecular flexibility index (Phi) is 8.15. The highest BCUT2D eigenvalue weighted by Gasteiger charge is 2.10. The lowest BCUT2D eigenvalue weighted by Gasteiger charge is -2.20. The lowest BCUT2D eigenvalue weighted by atomic mass is 10.1. The molecule has 7 heteroatoms. The molecule has 0 radical (unpaired) electrons. The first-order valence-corrected chi connectivity index (χ1v) is 8.42. The van der Waals surface area contributed by atoms with Crippen LogP contribution in [-0.4, -0.2) is 45.5 Å². The number of anilines is 2. The normalized spacial score (nSPS) is 12.2. The van der Waals surface area contributed by atoms with Gasteiger partial charge in [-0.3, -0.25) is 0 Å². The summed E-state index contributed by atoms with van der Waals surface area (Å²) in [6.07, 6.45) is 4.02. The third kappa shape index (κ3) is 5.46. The van der Waals surface area contributed by atoms with Crippen molar-refractivity contribution in [2.75, 3.05) is 30.7 Å². The van der Waals surface area contributed by atoms with E-state index in [1.54, 1.807) is 6.20 Å². The molecule has 24 heavy (non-hydrogen) atoms. The molecular weight excluding hydrogens is 324 g/mol. The quantitative estimate of drug-likeness (QED) is 0.759. The van der Waals surface area contributed by atoms with Crippen LogP contribution in [0.4, 0.5) is 11.5 Å². The highest BCUT2D eigenvalue weighted by molar-refractivity contribution is 5.87. The second-order valence-electron chi connectivity index (χ2n) is 5.99. The molecule has 1 unspecified atom stereocenters. The molecule has 0 aromatic carbocycles. The maximum atomic E-state index is 5.90. The van der Waals surface area contributed by atoms with E-state index in [-0.39, 0.29) is 12.4 Å². The Labute approximate surface area is 150 Å². The molecule has 134 valence electrons. The number of aromatic nitrogens is 3. The summed E-state index contributed by atoms with van der Waals surface area (Å²) in [5, 5.41) is 3.51. The van der Waals surface area contributed by atoms with Crippen molar-refractivity contribution in [2.45, 2.75) is 46.6 Å². The summed E-state index contributed by atoms with van der Waals surface area (Å²) in [5.74, 6) is 0.468. The van der Waals surface area contributed by atoms with Crippen molar-refractivity contribution >= 4 is 35.1 Å². The van der Waals surface area contributed by atoms with Gasteiger partial charge in [-0.2, -0.15) is 0 Å². The van der Waals surface area contributed by atoms with E-state index < -0.39 is 0 Å². The van der Waals surface area contributed by atoms with Crippen LogP contribution in [0.1, 0.15) is 39.3 Å². The summed E-state index contributed by atoms with van der Waals surface area (Å²) in [5.41, 5.74) is 9.03. The summed E-state index contributed by atoms with van der Waals surface area (Å²) >= 11 is 0. The van der Waals surface area contributed by atoms with E-state index in [1.807, 2.05) is 13.0 Å². The molecule has 0 spiro atoms. The van der Waals surface area contributed by atoms with Crippen LogP contribution in [0.15, 0.2) is 12.3 Å². The van der Waals surface area contributed by atoms with E-state index in [2.05, 4.69) is 45.9 Å². The number of nitrogens with two attached hydrogens (primary N) is 1. The largest absolute Gasteiger partial charge is 0.384 e. The van der Waals surface area contributed by atoms with E-state index in [9.17, 15) is 0 Å². The molecule has 0 saturated heterocycles. The zero-order valence-corrected chi connectivity index (χ0v) is 15.9. The summed E-state index contributed by atoms with van der Waals surface area (Å²) in [6.45, 7) is 11.9. The molecule has 1 atom stereocenters. The maximum Gasteiger partial charge on any atom is 0.182 e. The number of halogens is 1. The first-order chi connectivity index (χ1) is 11.0. The van der Waals surface area contributed by atoms with Crippen molar-refractivity contribution < 1.29 is 0 Å². The Hall–Kier alpha value is -1.66. The average molecular weight is 353 g/mol. The van der Waals surface area contributed by atoms with Crippen LogP contribution in [-0.2, 0) is 0 Å². The molecule has 0 aliphatic carbocycles. The van der Waals surface area contributed by atoms with E-state index in [1.165, 1.54) is 6.42 Å². The van der Waals surface area contributed by atoms with E-state index >= 15 is 0 Å². The van der Waals surface area contributed by atoms with Crippen LogP contribution in [0.5, 0.6) is 0 Å². The number of nitrogen functional groups attached to an aromatic ring is 1. The standard InChI is InChI=1S/C17H28N6.ClH/c1-5-23(6-2)9-7-8-12(3)20-14-10-15(18)22-17-16(14)19-11-13(4)21-17;/h10-12H,5-9H2,1-4H3,(H3,18,20,21,22);1H. The number of hydrogen-bond donors (Lipinski definition) is 2. The van der Waals surface area contributed by atoms with Gasteiger partial charge in [0.1, 0.15) is 11.3 Å². The Morgan fingerprint density at radius 2 is 1.96 bits per heavy atom. The number of nitrogens with zero attached hydrogens (tertiary/aromatic N) is 4. The monoisotopic (exact) mass is 352 g/mol. The molecular formula is C17H29ClN6. The third-order valence-electron chi connectivity index (χ3n) is 4.06. The number of pyridine rings is 1. The molecule has 0 amide bonds. The van der Waals surface area contributed by atoms with Gasteiger partial charge in [0, 0.05) is 18.3 Å². The summed E-state index contributed by atoms with van der Waals surface area (Å²) < 4.78 is 0. The van der Waals surface area contributed by atoms with Gasteiger partial charge < -0.3 is 16.0 Å². The van der Waals surface area contributed by atoms with Crippen LogP contribution in [0, 0.1) is 6.92 Å². The van der Waals surface area contributed by atoms with Gasteiger partial charge in [0.15, 0.2) is 5.65 Å². The smallest absolute Gasteiger partial charge is 0.182 e. The zero-order chi connectivity index (χ0) is 16.8. The number of hydrogen-bond acceptors (Lipinski definition) is 6. The highest BCUT2D eigenvalue weighted by atomic mass is 35.5. The van der Waals surface area contributed by atoms with Crippen LogP contribution in [0.3, 0.4) is 0 Å². The molecule has 2 aromatic rings. The molecule has 2 aromatic heterocycles.